The minimum absolute atomic E-state index is 1.03. The Balaban J connectivity index is 1.80. The molecule has 0 aromatic heterocycles. The van der Waals surface area contributed by atoms with E-state index in [0.29, 0.717) is 0 Å². The molecule has 0 aromatic carbocycles. The Morgan fingerprint density at radius 3 is 1.75 bits per heavy atom. The van der Waals surface area contributed by atoms with E-state index in [-0.39, 0.29) is 0 Å². The third-order valence-electron chi connectivity index (χ3n) is 4.13. The van der Waals surface area contributed by atoms with Crippen molar-refractivity contribution in [2.24, 2.45) is 17.8 Å². The Morgan fingerprint density at radius 1 is 0.667 bits per heavy atom. The van der Waals surface area contributed by atoms with Crippen molar-refractivity contribution in [1.29, 1.82) is 0 Å². The monoisotopic (exact) mass is 166 g/mol. The van der Waals surface area contributed by atoms with E-state index >= 15 is 0 Å². The van der Waals surface area contributed by atoms with Gasteiger partial charge in [0.15, 0.2) is 0 Å². The second-order valence-corrected chi connectivity index (χ2v) is 5.06. The molecule has 2 aliphatic carbocycles. The number of hydrogen-bond donors (Lipinski definition) is 0. The second kappa shape index (κ2) is 3.81. The molecule has 0 amide bonds. The summed E-state index contributed by atoms with van der Waals surface area (Å²) in [5.41, 5.74) is 0. The van der Waals surface area contributed by atoms with Crippen molar-refractivity contribution >= 4 is 0 Å². The van der Waals surface area contributed by atoms with E-state index in [0.717, 1.165) is 17.8 Å². The van der Waals surface area contributed by atoms with E-state index in [9.17, 15) is 0 Å². The van der Waals surface area contributed by atoms with E-state index in [4.69, 9.17) is 0 Å². The van der Waals surface area contributed by atoms with Crippen molar-refractivity contribution in [2.75, 3.05) is 0 Å². The predicted molar refractivity (Wildman–Crippen MR) is 53.1 cm³/mol. The lowest BCUT2D eigenvalue weighted by molar-refractivity contribution is 0.215. The molecule has 2 rings (SSSR count). The first kappa shape index (κ1) is 8.59. The minimum Gasteiger partial charge on any atom is -0.0625 e. The zero-order valence-corrected chi connectivity index (χ0v) is 8.39. The van der Waals surface area contributed by atoms with Crippen molar-refractivity contribution in [3.63, 3.8) is 0 Å². The molecule has 0 atom stereocenters. The van der Waals surface area contributed by atoms with Crippen LogP contribution in [-0.4, -0.2) is 0 Å². The Hall–Kier alpha value is 0. The van der Waals surface area contributed by atoms with Gasteiger partial charge < -0.3 is 0 Å². The van der Waals surface area contributed by atoms with Gasteiger partial charge in [-0.3, -0.25) is 0 Å². The molecule has 70 valence electrons. The van der Waals surface area contributed by atoms with Gasteiger partial charge in [-0.25, -0.2) is 0 Å². The summed E-state index contributed by atoms with van der Waals surface area (Å²) >= 11 is 0. The highest BCUT2D eigenvalue weighted by molar-refractivity contribution is 4.79. The van der Waals surface area contributed by atoms with Gasteiger partial charge in [0.2, 0.25) is 0 Å². The van der Waals surface area contributed by atoms with E-state index in [1.807, 2.05) is 0 Å². The van der Waals surface area contributed by atoms with Crippen molar-refractivity contribution in [2.45, 2.75) is 58.3 Å². The van der Waals surface area contributed by atoms with Gasteiger partial charge in [0, 0.05) is 0 Å². The molecule has 2 fully saturated rings. The molecule has 0 aliphatic heterocycles. The maximum absolute atomic E-state index is 2.42. The fraction of sp³-hybridized carbons (Fsp3) is 1.00. The van der Waals surface area contributed by atoms with Crippen molar-refractivity contribution < 1.29 is 0 Å². The van der Waals surface area contributed by atoms with E-state index in [1.165, 1.54) is 25.7 Å². The van der Waals surface area contributed by atoms with Crippen LogP contribution in [0.25, 0.3) is 0 Å². The molecular weight excluding hydrogens is 144 g/mol. The third kappa shape index (κ3) is 1.84. The first-order valence-electron chi connectivity index (χ1n) is 5.86. The van der Waals surface area contributed by atoms with Crippen LogP contribution >= 0.6 is 0 Å². The fourth-order valence-electron chi connectivity index (χ4n) is 3.19. The summed E-state index contributed by atoms with van der Waals surface area (Å²) in [4.78, 5) is 0. The van der Waals surface area contributed by atoms with Crippen LogP contribution in [0.2, 0.25) is 0 Å². The zero-order valence-electron chi connectivity index (χ0n) is 8.39. The summed E-state index contributed by atoms with van der Waals surface area (Å²) in [7, 11) is 0. The molecule has 0 N–H and O–H groups in total. The summed E-state index contributed by atoms with van der Waals surface area (Å²) in [6, 6.07) is 0. The topological polar surface area (TPSA) is 0 Å². The van der Waals surface area contributed by atoms with Gasteiger partial charge in [0.05, 0.1) is 0 Å². The minimum atomic E-state index is 1.03. The summed E-state index contributed by atoms with van der Waals surface area (Å²) in [5, 5.41) is 0. The smallest absolute Gasteiger partial charge is 0.0386 e. The van der Waals surface area contributed by atoms with Gasteiger partial charge in [-0.2, -0.15) is 0 Å². The van der Waals surface area contributed by atoms with Crippen molar-refractivity contribution in [3.05, 3.63) is 0 Å². The van der Waals surface area contributed by atoms with Gasteiger partial charge in [-0.1, -0.05) is 45.4 Å². The van der Waals surface area contributed by atoms with E-state index in [2.05, 4.69) is 6.92 Å². The van der Waals surface area contributed by atoms with Crippen LogP contribution < -0.4 is 0 Å². The lowest BCUT2D eigenvalue weighted by Gasteiger charge is -2.30. The molecule has 0 heterocycles. The third-order valence-corrected chi connectivity index (χ3v) is 4.13. The average molecular weight is 166 g/mol. The highest BCUT2D eigenvalue weighted by Gasteiger charge is 2.27. The summed E-state index contributed by atoms with van der Waals surface area (Å²) in [5.74, 6) is 3.30. The highest BCUT2D eigenvalue weighted by atomic mass is 14.3. The standard InChI is InChI=1S/C12H22/c1-10-6-8-12(9-7-10)11-4-2-3-5-11/h10-12H,2-9H2,1H3. The van der Waals surface area contributed by atoms with Gasteiger partial charge in [0.1, 0.15) is 0 Å². The first-order valence-corrected chi connectivity index (χ1v) is 5.86. The van der Waals surface area contributed by atoms with Crippen LogP contribution in [0.5, 0.6) is 0 Å². The van der Waals surface area contributed by atoms with E-state index < -0.39 is 0 Å². The Bertz CT molecular complexity index is 125. The van der Waals surface area contributed by atoms with Crippen molar-refractivity contribution in [3.8, 4) is 0 Å². The molecular formula is C12H22. The van der Waals surface area contributed by atoms with Gasteiger partial charge in [-0.15, -0.1) is 0 Å². The summed E-state index contributed by atoms with van der Waals surface area (Å²) in [6.45, 7) is 2.42. The molecule has 12 heavy (non-hydrogen) atoms. The molecule has 2 saturated carbocycles. The maximum Gasteiger partial charge on any atom is -0.0386 e. The Kier molecular flexibility index (Phi) is 2.73. The summed E-state index contributed by atoms with van der Waals surface area (Å²) in [6.07, 6.45) is 12.3. The van der Waals surface area contributed by atoms with Crippen LogP contribution in [-0.2, 0) is 0 Å². The van der Waals surface area contributed by atoms with Crippen LogP contribution in [0.3, 0.4) is 0 Å². The number of rotatable bonds is 1. The van der Waals surface area contributed by atoms with Crippen LogP contribution in [0, 0.1) is 17.8 Å². The van der Waals surface area contributed by atoms with Crippen molar-refractivity contribution in [1.82, 2.24) is 0 Å². The first-order chi connectivity index (χ1) is 5.86. The molecule has 0 saturated heterocycles. The van der Waals surface area contributed by atoms with Crippen LogP contribution in [0.15, 0.2) is 0 Å². The highest BCUT2D eigenvalue weighted by Crippen LogP contribution is 2.40. The molecule has 2 aliphatic rings. The normalized spacial score (nSPS) is 38.8. The van der Waals surface area contributed by atoms with Gasteiger partial charge in [-0.05, 0) is 30.6 Å². The molecule has 0 unspecified atom stereocenters. The summed E-state index contributed by atoms with van der Waals surface area (Å²) < 4.78 is 0. The molecule has 0 spiro atoms. The second-order valence-electron chi connectivity index (χ2n) is 5.06. The number of hydrogen-bond acceptors (Lipinski definition) is 0. The van der Waals surface area contributed by atoms with Crippen LogP contribution in [0.1, 0.15) is 58.3 Å². The fourth-order valence-corrected chi connectivity index (χ4v) is 3.19. The molecule has 0 nitrogen and oxygen atoms in total. The maximum atomic E-state index is 2.42. The lowest BCUT2D eigenvalue weighted by Crippen LogP contribution is -2.18. The quantitative estimate of drug-likeness (QED) is 0.552. The largest absolute Gasteiger partial charge is 0.0625 e. The van der Waals surface area contributed by atoms with E-state index in [1.54, 1.807) is 25.7 Å². The average Bonchev–Trinajstić information content (AvgIpc) is 2.58. The Morgan fingerprint density at radius 2 is 1.17 bits per heavy atom. The molecule has 0 bridgehead atoms. The van der Waals surface area contributed by atoms with Gasteiger partial charge >= 0.3 is 0 Å². The zero-order chi connectivity index (χ0) is 8.39. The Labute approximate surface area is 76.7 Å². The molecule has 0 radical (unpaired) electrons. The SMILES string of the molecule is CC1CCC(C2CCCC2)CC1. The predicted octanol–water partition coefficient (Wildman–Crippen LogP) is 4.00. The lowest BCUT2D eigenvalue weighted by atomic mass is 9.76. The molecule has 0 aromatic rings. The van der Waals surface area contributed by atoms with Gasteiger partial charge in [0.25, 0.3) is 0 Å². The van der Waals surface area contributed by atoms with Crippen LogP contribution in [0.4, 0.5) is 0 Å². The molecule has 0 heteroatoms.